The zero-order valence-corrected chi connectivity index (χ0v) is 25.3. The van der Waals surface area contributed by atoms with Crippen molar-refractivity contribution in [3.8, 4) is 5.75 Å². The zero-order valence-electron chi connectivity index (χ0n) is 25.3. The average Bonchev–Trinajstić information content (AvgIpc) is 2.95. The van der Waals surface area contributed by atoms with Gasteiger partial charge in [0, 0.05) is 30.8 Å². The van der Waals surface area contributed by atoms with Crippen LogP contribution in [0.25, 0.3) is 0 Å². The minimum atomic E-state index is -0.109. The number of likely N-dealkylation sites (N-methyl/N-ethyl adjacent to an activating group) is 1. The van der Waals surface area contributed by atoms with Gasteiger partial charge in [-0.25, -0.2) is 0 Å². The smallest absolute Gasteiger partial charge is 0.251 e. The molecule has 3 rings (SSSR count). The molecule has 0 spiro atoms. The highest BCUT2D eigenvalue weighted by molar-refractivity contribution is 5.96. The largest absolute Gasteiger partial charge is 0.493 e. The first-order valence-corrected chi connectivity index (χ1v) is 15.1. The monoisotopic (exact) mass is 550 g/mol. The molecular formula is C33H50N4O3. The number of fused-ring (bicyclic) bond motifs is 1. The van der Waals surface area contributed by atoms with Gasteiger partial charge in [0.2, 0.25) is 5.91 Å². The predicted molar refractivity (Wildman–Crippen MR) is 163 cm³/mol. The molecule has 2 aromatic rings. The van der Waals surface area contributed by atoms with E-state index in [1.54, 1.807) is 0 Å². The van der Waals surface area contributed by atoms with E-state index < -0.39 is 0 Å². The van der Waals surface area contributed by atoms with Crippen LogP contribution in [0.3, 0.4) is 0 Å². The highest BCUT2D eigenvalue weighted by atomic mass is 16.5. The molecule has 1 heterocycles. The van der Waals surface area contributed by atoms with E-state index in [9.17, 15) is 9.59 Å². The van der Waals surface area contributed by atoms with Gasteiger partial charge in [-0.15, -0.1) is 0 Å². The van der Waals surface area contributed by atoms with Crippen LogP contribution >= 0.6 is 0 Å². The topological polar surface area (TPSA) is 73.9 Å². The predicted octanol–water partition coefficient (Wildman–Crippen LogP) is 5.33. The molecule has 0 saturated carbocycles. The fourth-order valence-electron chi connectivity index (χ4n) is 5.22. The summed E-state index contributed by atoms with van der Waals surface area (Å²) in [7, 11) is 0. The fourth-order valence-corrected chi connectivity index (χ4v) is 5.22. The Morgan fingerprint density at radius 3 is 2.50 bits per heavy atom. The molecule has 0 radical (unpaired) electrons. The van der Waals surface area contributed by atoms with E-state index in [0.29, 0.717) is 44.3 Å². The first-order chi connectivity index (χ1) is 19.3. The molecule has 0 bridgehead atoms. The number of hydrogen-bond donors (Lipinski definition) is 2. The summed E-state index contributed by atoms with van der Waals surface area (Å²) in [5.41, 5.74) is 3.89. The van der Waals surface area contributed by atoms with Gasteiger partial charge >= 0.3 is 0 Å². The van der Waals surface area contributed by atoms with Crippen molar-refractivity contribution in [2.24, 2.45) is 5.92 Å². The van der Waals surface area contributed by atoms with Crippen LogP contribution in [0.15, 0.2) is 42.5 Å². The second-order valence-electron chi connectivity index (χ2n) is 11.3. The number of aryl methyl sites for hydroxylation is 1. The summed E-state index contributed by atoms with van der Waals surface area (Å²) in [5.74, 6) is 1.18. The van der Waals surface area contributed by atoms with Crippen molar-refractivity contribution in [2.75, 3.05) is 45.9 Å². The quantitative estimate of drug-likeness (QED) is 0.418. The number of benzene rings is 2. The summed E-state index contributed by atoms with van der Waals surface area (Å²) in [4.78, 5) is 31.1. The molecule has 2 aromatic carbocycles. The van der Waals surface area contributed by atoms with Crippen LogP contribution in [0.5, 0.6) is 5.75 Å². The molecule has 7 heteroatoms. The van der Waals surface area contributed by atoms with Gasteiger partial charge in [-0.3, -0.25) is 19.4 Å². The van der Waals surface area contributed by atoms with E-state index in [1.165, 1.54) is 11.1 Å². The van der Waals surface area contributed by atoms with Gasteiger partial charge in [0.1, 0.15) is 5.75 Å². The molecule has 2 amide bonds. The summed E-state index contributed by atoms with van der Waals surface area (Å²) in [6.07, 6.45) is 3.80. The highest BCUT2D eigenvalue weighted by Gasteiger charge is 2.23. The summed E-state index contributed by atoms with van der Waals surface area (Å²) >= 11 is 0. The van der Waals surface area contributed by atoms with Crippen molar-refractivity contribution in [3.05, 3.63) is 64.7 Å². The number of carbonyl (C=O) groups is 2. The van der Waals surface area contributed by atoms with Gasteiger partial charge in [0.25, 0.3) is 5.91 Å². The van der Waals surface area contributed by atoms with Crippen molar-refractivity contribution < 1.29 is 14.3 Å². The SMILES string of the molecule is CCN(CC)C(CNC(=O)c1cccc2c1CN(CCC(C)C)CC(=O)NCCCCCO2)c1ccc(C)cc1. The lowest BCUT2D eigenvalue weighted by atomic mass is 10.0. The second-order valence-corrected chi connectivity index (χ2v) is 11.3. The van der Waals surface area contributed by atoms with Crippen molar-refractivity contribution >= 4 is 11.8 Å². The number of rotatable bonds is 10. The number of carbonyl (C=O) groups excluding carboxylic acids is 2. The molecule has 1 aliphatic rings. The number of amides is 2. The Hall–Kier alpha value is -2.90. The molecule has 0 aliphatic carbocycles. The fraction of sp³-hybridized carbons (Fsp3) is 0.576. The molecule has 2 N–H and O–H groups in total. The van der Waals surface area contributed by atoms with Gasteiger partial charge in [-0.05, 0) is 75.9 Å². The Morgan fingerprint density at radius 1 is 1.05 bits per heavy atom. The van der Waals surface area contributed by atoms with Gasteiger partial charge in [0.15, 0.2) is 0 Å². The van der Waals surface area contributed by atoms with Crippen molar-refractivity contribution in [1.29, 1.82) is 0 Å². The Kier molecular flexibility index (Phi) is 13.0. The number of nitrogens with zero attached hydrogens (tertiary/aromatic N) is 2. The van der Waals surface area contributed by atoms with E-state index in [2.05, 4.69) is 79.3 Å². The zero-order chi connectivity index (χ0) is 28.9. The number of ether oxygens (including phenoxy) is 1. The maximum absolute atomic E-state index is 13.8. The molecule has 1 atom stereocenters. The number of hydrogen-bond acceptors (Lipinski definition) is 5. The molecular weight excluding hydrogens is 500 g/mol. The lowest BCUT2D eigenvalue weighted by Crippen LogP contribution is -2.39. The third kappa shape index (κ3) is 9.63. The first-order valence-electron chi connectivity index (χ1n) is 15.1. The molecule has 1 unspecified atom stereocenters. The van der Waals surface area contributed by atoms with E-state index in [-0.39, 0.29) is 17.9 Å². The van der Waals surface area contributed by atoms with E-state index in [1.807, 2.05) is 18.2 Å². The van der Waals surface area contributed by atoms with Crippen LogP contribution in [0, 0.1) is 12.8 Å². The summed E-state index contributed by atoms with van der Waals surface area (Å²) < 4.78 is 6.25. The first kappa shape index (κ1) is 31.6. The standard InChI is InChI=1S/C33H50N4O3/c1-6-37(7-2)30(27-16-14-26(5)15-17-27)22-35-33(39)28-12-11-13-31-29(28)23-36(20-18-25(3)4)24-32(38)34-19-9-8-10-21-40-31/h11-17,25,30H,6-10,18-24H2,1-5H3,(H,34,38)(H,35,39). The lowest BCUT2D eigenvalue weighted by molar-refractivity contribution is -0.122. The summed E-state index contributed by atoms with van der Waals surface area (Å²) in [6, 6.07) is 14.4. The van der Waals surface area contributed by atoms with Gasteiger partial charge in [0.05, 0.1) is 19.2 Å². The number of nitrogens with one attached hydrogen (secondary N) is 2. The second kappa shape index (κ2) is 16.4. The molecule has 40 heavy (non-hydrogen) atoms. The third-order valence-electron chi connectivity index (χ3n) is 7.72. The van der Waals surface area contributed by atoms with Crippen LogP contribution in [-0.2, 0) is 11.3 Å². The molecule has 7 nitrogen and oxygen atoms in total. The van der Waals surface area contributed by atoms with Gasteiger partial charge < -0.3 is 15.4 Å². The lowest BCUT2D eigenvalue weighted by Gasteiger charge is -2.30. The summed E-state index contributed by atoms with van der Waals surface area (Å²) in [6.45, 7) is 15.9. The third-order valence-corrected chi connectivity index (χ3v) is 7.72. The van der Waals surface area contributed by atoms with E-state index >= 15 is 0 Å². The molecule has 0 saturated heterocycles. The van der Waals surface area contributed by atoms with Crippen LogP contribution in [-0.4, -0.2) is 67.5 Å². The van der Waals surface area contributed by atoms with Crippen LogP contribution < -0.4 is 15.4 Å². The molecule has 0 fully saturated rings. The Morgan fingerprint density at radius 2 is 1.80 bits per heavy atom. The molecule has 1 aliphatic heterocycles. The van der Waals surface area contributed by atoms with Crippen LogP contribution in [0.4, 0.5) is 0 Å². The van der Waals surface area contributed by atoms with Crippen LogP contribution in [0.1, 0.15) is 86.5 Å². The minimum Gasteiger partial charge on any atom is -0.493 e. The van der Waals surface area contributed by atoms with Gasteiger partial charge in [-0.2, -0.15) is 0 Å². The molecule has 0 aromatic heterocycles. The highest BCUT2D eigenvalue weighted by Crippen LogP contribution is 2.26. The maximum Gasteiger partial charge on any atom is 0.251 e. The molecule has 220 valence electrons. The van der Waals surface area contributed by atoms with Crippen molar-refractivity contribution in [1.82, 2.24) is 20.4 Å². The Labute approximate surface area is 241 Å². The minimum absolute atomic E-state index is 0.0348. The Bertz CT molecular complexity index is 1070. The maximum atomic E-state index is 13.8. The normalized spacial score (nSPS) is 16.2. The Balaban J connectivity index is 1.88. The van der Waals surface area contributed by atoms with Crippen molar-refractivity contribution in [2.45, 2.75) is 72.9 Å². The van der Waals surface area contributed by atoms with E-state index in [0.717, 1.165) is 56.6 Å². The van der Waals surface area contributed by atoms with Gasteiger partial charge in [-0.1, -0.05) is 63.6 Å². The van der Waals surface area contributed by atoms with Crippen molar-refractivity contribution in [3.63, 3.8) is 0 Å². The summed E-state index contributed by atoms with van der Waals surface area (Å²) in [5, 5.41) is 6.32. The van der Waals surface area contributed by atoms with Crippen LogP contribution in [0.2, 0.25) is 0 Å². The van der Waals surface area contributed by atoms with E-state index in [4.69, 9.17) is 4.74 Å². The average molecular weight is 551 g/mol.